The largest absolute Gasteiger partial charge is 0.504 e. The number of hydrogen-bond donors (Lipinski definition) is 2. The minimum atomic E-state index is -0.795. The maximum Gasteiger partial charge on any atom is 0.167 e. The van der Waals surface area contributed by atoms with Crippen LogP contribution in [0.2, 0.25) is 0 Å². The number of phenols is 1. The van der Waals surface area contributed by atoms with Crippen LogP contribution in [0.15, 0.2) is 17.7 Å². The molecule has 4 nitrogen and oxygen atoms in total. The van der Waals surface area contributed by atoms with Crippen LogP contribution in [0.3, 0.4) is 0 Å². The van der Waals surface area contributed by atoms with Crippen LogP contribution in [0.5, 0.6) is 11.5 Å². The second-order valence-corrected chi connectivity index (χ2v) is 5.57. The van der Waals surface area contributed by atoms with Crippen molar-refractivity contribution < 1.29 is 14.9 Å². The lowest BCUT2D eigenvalue weighted by atomic mass is 9.96. The van der Waals surface area contributed by atoms with Gasteiger partial charge in [-0.3, -0.25) is 0 Å². The Kier molecular flexibility index (Phi) is 5.60. The molecule has 0 saturated carbocycles. The number of aryl methyl sites for hydroxylation is 1. The minimum absolute atomic E-state index is 0.0891. The molecule has 1 unspecified atom stereocenters. The van der Waals surface area contributed by atoms with Crippen LogP contribution in [-0.4, -0.2) is 36.3 Å². The third-order valence-corrected chi connectivity index (χ3v) is 3.05. The molecule has 0 heterocycles. The number of aliphatic hydroxyl groups is 1. The number of ether oxygens (including phenoxy) is 1. The second-order valence-electron chi connectivity index (χ2n) is 5.57. The van der Waals surface area contributed by atoms with Crippen molar-refractivity contribution in [2.75, 3.05) is 21.2 Å². The van der Waals surface area contributed by atoms with E-state index in [1.807, 2.05) is 45.8 Å². The Balaban J connectivity index is 3.49. The lowest BCUT2D eigenvalue weighted by molar-refractivity contribution is 0.217. The van der Waals surface area contributed by atoms with Gasteiger partial charge in [0.2, 0.25) is 0 Å². The highest BCUT2D eigenvalue weighted by molar-refractivity contribution is 5.56. The fraction of sp³-hybridized carbons (Fsp3) is 0.500. The number of methoxy groups -OCH3 is 1. The quantitative estimate of drug-likeness (QED) is 0.814. The van der Waals surface area contributed by atoms with Crippen molar-refractivity contribution in [1.29, 1.82) is 0 Å². The first-order valence-electron chi connectivity index (χ1n) is 6.65. The first-order valence-corrected chi connectivity index (χ1v) is 6.65. The number of aromatic hydroxyl groups is 1. The van der Waals surface area contributed by atoms with Crippen molar-refractivity contribution in [3.8, 4) is 11.5 Å². The van der Waals surface area contributed by atoms with Crippen LogP contribution in [0, 0.1) is 6.92 Å². The molecule has 1 atom stereocenters. The summed E-state index contributed by atoms with van der Waals surface area (Å²) in [5, 5.41) is 20.6. The molecule has 0 saturated heterocycles. The number of benzene rings is 1. The minimum Gasteiger partial charge on any atom is -0.504 e. The molecule has 0 spiro atoms. The van der Waals surface area contributed by atoms with Gasteiger partial charge in [-0.15, -0.1) is 0 Å². The van der Waals surface area contributed by atoms with E-state index in [0.717, 1.165) is 16.7 Å². The van der Waals surface area contributed by atoms with Crippen molar-refractivity contribution in [3.63, 3.8) is 0 Å². The summed E-state index contributed by atoms with van der Waals surface area (Å²) in [6.45, 7) is 6.35. The topological polar surface area (TPSA) is 52.9 Å². The summed E-state index contributed by atoms with van der Waals surface area (Å²) in [6.07, 6.45) is 0.961. The molecule has 0 aliphatic heterocycles. The maximum absolute atomic E-state index is 10.4. The van der Waals surface area contributed by atoms with E-state index in [4.69, 9.17) is 4.74 Å². The van der Waals surface area contributed by atoms with E-state index in [1.54, 1.807) is 6.08 Å². The Labute approximate surface area is 121 Å². The summed E-state index contributed by atoms with van der Waals surface area (Å²) in [5.74, 6) is 0.443. The van der Waals surface area contributed by atoms with E-state index in [0.29, 0.717) is 17.9 Å². The Morgan fingerprint density at radius 1 is 1.40 bits per heavy atom. The predicted octanol–water partition coefficient (Wildman–Crippen LogP) is 2.77. The van der Waals surface area contributed by atoms with Crippen LogP contribution in [0.4, 0.5) is 0 Å². The summed E-state index contributed by atoms with van der Waals surface area (Å²) >= 11 is 0. The molecule has 4 heteroatoms. The first-order chi connectivity index (χ1) is 9.27. The molecule has 112 valence electrons. The van der Waals surface area contributed by atoms with E-state index in [2.05, 4.69) is 0 Å². The van der Waals surface area contributed by atoms with Crippen molar-refractivity contribution in [2.45, 2.75) is 33.4 Å². The monoisotopic (exact) mass is 279 g/mol. The molecule has 0 aliphatic rings. The molecule has 2 N–H and O–H groups in total. The molecule has 0 fully saturated rings. The van der Waals surface area contributed by atoms with Gasteiger partial charge in [0, 0.05) is 12.1 Å². The molecule has 0 amide bonds. The molecule has 1 rings (SSSR count). The summed E-state index contributed by atoms with van der Waals surface area (Å²) in [5.41, 5.74) is 3.33. The van der Waals surface area contributed by atoms with Crippen molar-refractivity contribution >= 4 is 0 Å². The van der Waals surface area contributed by atoms with Gasteiger partial charge in [-0.2, -0.15) is 0 Å². The van der Waals surface area contributed by atoms with E-state index in [1.165, 1.54) is 7.11 Å². The smallest absolute Gasteiger partial charge is 0.167 e. The average molecular weight is 279 g/mol. The van der Waals surface area contributed by atoms with E-state index in [-0.39, 0.29) is 5.75 Å². The normalized spacial score (nSPS) is 12.4. The fourth-order valence-electron chi connectivity index (χ4n) is 2.26. The van der Waals surface area contributed by atoms with Gasteiger partial charge < -0.3 is 19.8 Å². The average Bonchev–Trinajstić information content (AvgIpc) is 2.31. The van der Waals surface area contributed by atoms with Gasteiger partial charge in [0.25, 0.3) is 0 Å². The SMILES string of the molecule is COc1c(O)c(C)cc(CN(C)C)c1C(O)C=C(C)C. The Hall–Kier alpha value is -1.52. The number of rotatable bonds is 5. The Morgan fingerprint density at radius 3 is 2.45 bits per heavy atom. The van der Waals surface area contributed by atoms with Gasteiger partial charge in [0.05, 0.1) is 7.11 Å². The molecule has 1 aromatic rings. The zero-order chi connectivity index (χ0) is 15.4. The molecule has 0 bridgehead atoms. The van der Waals surface area contributed by atoms with Gasteiger partial charge >= 0.3 is 0 Å². The number of nitrogens with zero attached hydrogens (tertiary/aromatic N) is 1. The van der Waals surface area contributed by atoms with Gasteiger partial charge in [0.1, 0.15) is 6.10 Å². The maximum atomic E-state index is 10.4. The Bertz CT molecular complexity index is 503. The summed E-state index contributed by atoms with van der Waals surface area (Å²) in [6, 6.07) is 1.90. The van der Waals surface area contributed by atoms with E-state index in [9.17, 15) is 10.2 Å². The zero-order valence-corrected chi connectivity index (χ0v) is 13.2. The van der Waals surface area contributed by atoms with Crippen LogP contribution >= 0.6 is 0 Å². The fourth-order valence-corrected chi connectivity index (χ4v) is 2.26. The van der Waals surface area contributed by atoms with Crippen molar-refractivity contribution in [1.82, 2.24) is 4.90 Å². The lowest BCUT2D eigenvalue weighted by Gasteiger charge is -2.21. The number of phenolic OH excluding ortho intramolecular Hbond substituents is 1. The predicted molar refractivity (Wildman–Crippen MR) is 81.2 cm³/mol. The number of aliphatic hydroxyl groups excluding tert-OH is 1. The molecule has 0 radical (unpaired) electrons. The second kappa shape index (κ2) is 6.77. The van der Waals surface area contributed by atoms with Gasteiger partial charge in [-0.1, -0.05) is 17.7 Å². The Morgan fingerprint density at radius 2 is 2.00 bits per heavy atom. The van der Waals surface area contributed by atoms with Gasteiger partial charge in [-0.25, -0.2) is 0 Å². The van der Waals surface area contributed by atoms with Crippen LogP contribution in [0.1, 0.15) is 36.6 Å². The van der Waals surface area contributed by atoms with Crippen molar-refractivity contribution in [3.05, 3.63) is 34.4 Å². The molecule has 1 aromatic carbocycles. The molecular formula is C16H25NO3. The van der Waals surface area contributed by atoms with E-state index < -0.39 is 6.10 Å². The third kappa shape index (κ3) is 3.74. The third-order valence-electron chi connectivity index (χ3n) is 3.05. The molecule has 0 aromatic heterocycles. The standard InChI is InChI=1S/C16H25NO3/c1-10(2)7-13(18)14-12(9-17(4)5)8-11(3)15(19)16(14)20-6/h7-8,13,18-19H,9H2,1-6H3. The summed E-state index contributed by atoms with van der Waals surface area (Å²) < 4.78 is 5.32. The highest BCUT2D eigenvalue weighted by Crippen LogP contribution is 2.40. The highest BCUT2D eigenvalue weighted by atomic mass is 16.5. The highest BCUT2D eigenvalue weighted by Gasteiger charge is 2.21. The molecular weight excluding hydrogens is 254 g/mol. The van der Waals surface area contributed by atoms with E-state index >= 15 is 0 Å². The van der Waals surface area contributed by atoms with Gasteiger partial charge in [-0.05, 0) is 46.0 Å². The number of hydrogen-bond acceptors (Lipinski definition) is 4. The van der Waals surface area contributed by atoms with Crippen LogP contribution < -0.4 is 4.74 Å². The summed E-state index contributed by atoms with van der Waals surface area (Å²) in [4.78, 5) is 2.02. The summed E-state index contributed by atoms with van der Waals surface area (Å²) in [7, 11) is 5.43. The van der Waals surface area contributed by atoms with Crippen LogP contribution in [-0.2, 0) is 6.54 Å². The number of allylic oxidation sites excluding steroid dienone is 1. The zero-order valence-electron chi connectivity index (χ0n) is 13.2. The molecule has 20 heavy (non-hydrogen) atoms. The van der Waals surface area contributed by atoms with Crippen LogP contribution in [0.25, 0.3) is 0 Å². The van der Waals surface area contributed by atoms with Crippen molar-refractivity contribution in [2.24, 2.45) is 0 Å². The lowest BCUT2D eigenvalue weighted by Crippen LogP contribution is -2.14. The van der Waals surface area contributed by atoms with Gasteiger partial charge in [0.15, 0.2) is 11.5 Å². The molecule has 0 aliphatic carbocycles. The first kappa shape index (κ1) is 16.5.